The Morgan fingerprint density at radius 2 is 2.16 bits per heavy atom. The van der Waals surface area contributed by atoms with Gasteiger partial charge in [0.2, 0.25) is 5.09 Å². The van der Waals surface area contributed by atoms with Gasteiger partial charge in [-0.15, -0.1) is 0 Å². The minimum Gasteiger partial charge on any atom is -0.438 e. The maximum atomic E-state index is 12.3. The van der Waals surface area contributed by atoms with Gasteiger partial charge in [-0.2, -0.15) is 0 Å². The van der Waals surface area contributed by atoms with Crippen molar-refractivity contribution in [1.82, 2.24) is 9.62 Å². The zero-order valence-electron chi connectivity index (χ0n) is 11.0. The van der Waals surface area contributed by atoms with Gasteiger partial charge in [-0.25, -0.2) is 13.1 Å². The van der Waals surface area contributed by atoms with Crippen molar-refractivity contribution in [2.75, 3.05) is 13.6 Å². The number of furan rings is 1. The van der Waals surface area contributed by atoms with Gasteiger partial charge in [-0.3, -0.25) is 4.79 Å². The van der Waals surface area contributed by atoms with E-state index in [0.717, 1.165) is 19.3 Å². The van der Waals surface area contributed by atoms with Crippen molar-refractivity contribution in [2.45, 2.75) is 37.3 Å². The molecule has 0 bridgehead atoms. The van der Waals surface area contributed by atoms with Gasteiger partial charge in [0.15, 0.2) is 5.76 Å². The van der Waals surface area contributed by atoms with E-state index in [0.29, 0.717) is 6.54 Å². The SMILES string of the molecule is CNS(=O)(=O)c1ccc(C(=O)N2CCCC[C@H]2C)o1. The molecule has 2 rings (SSSR count). The number of likely N-dealkylation sites (tertiary alicyclic amines) is 1. The van der Waals surface area contributed by atoms with E-state index in [1.165, 1.54) is 19.2 Å². The fourth-order valence-electron chi connectivity index (χ4n) is 2.22. The molecule has 0 unspecified atom stereocenters. The van der Waals surface area contributed by atoms with E-state index in [4.69, 9.17) is 4.42 Å². The van der Waals surface area contributed by atoms with Gasteiger partial charge in [0.1, 0.15) is 0 Å². The second-order valence-corrected chi connectivity index (χ2v) is 6.49. The number of hydrogen-bond acceptors (Lipinski definition) is 4. The number of amides is 1. The van der Waals surface area contributed by atoms with Crippen molar-refractivity contribution in [3.63, 3.8) is 0 Å². The molecular formula is C12H18N2O4S. The summed E-state index contributed by atoms with van der Waals surface area (Å²) in [6.45, 7) is 2.68. The molecule has 106 valence electrons. The van der Waals surface area contributed by atoms with Crippen molar-refractivity contribution in [3.05, 3.63) is 17.9 Å². The number of piperidine rings is 1. The van der Waals surface area contributed by atoms with Crippen LogP contribution in [0.4, 0.5) is 0 Å². The van der Waals surface area contributed by atoms with E-state index in [2.05, 4.69) is 4.72 Å². The number of rotatable bonds is 3. The molecule has 0 radical (unpaired) electrons. The van der Waals surface area contributed by atoms with E-state index < -0.39 is 10.0 Å². The number of carbonyl (C=O) groups excluding carboxylic acids is 1. The number of nitrogens with zero attached hydrogens (tertiary/aromatic N) is 1. The summed E-state index contributed by atoms with van der Waals surface area (Å²) in [5.41, 5.74) is 0. The van der Waals surface area contributed by atoms with Crippen LogP contribution in [-0.4, -0.2) is 38.9 Å². The first-order chi connectivity index (χ1) is 8.95. The monoisotopic (exact) mass is 286 g/mol. The van der Waals surface area contributed by atoms with Crippen LogP contribution in [-0.2, 0) is 10.0 Å². The summed E-state index contributed by atoms with van der Waals surface area (Å²) in [6.07, 6.45) is 3.05. The molecule has 1 aromatic heterocycles. The maximum Gasteiger partial charge on any atom is 0.289 e. The summed E-state index contributed by atoms with van der Waals surface area (Å²) in [4.78, 5) is 14.0. The zero-order chi connectivity index (χ0) is 14.0. The largest absolute Gasteiger partial charge is 0.438 e. The summed E-state index contributed by atoms with van der Waals surface area (Å²) >= 11 is 0. The Kier molecular flexibility index (Phi) is 3.96. The lowest BCUT2D eigenvalue weighted by Gasteiger charge is -2.32. The number of hydrogen-bond donors (Lipinski definition) is 1. The van der Waals surface area contributed by atoms with Crippen LogP contribution in [0, 0.1) is 0 Å². The topological polar surface area (TPSA) is 79.6 Å². The van der Waals surface area contributed by atoms with Gasteiger partial charge < -0.3 is 9.32 Å². The average molecular weight is 286 g/mol. The quantitative estimate of drug-likeness (QED) is 0.905. The lowest BCUT2D eigenvalue weighted by molar-refractivity contribution is 0.0597. The van der Waals surface area contributed by atoms with E-state index >= 15 is 0 Å². The zero-order valence-corrected chi connectivity index (χ0v) is 11.9. The van der Waals surface area contributed by atoms with Crippen molar-refractivity contribution in [2.24, 2.45) is 0 Å². The van der Waals surface area contributed by atoms with Crippen LogP contribution in [0.5, 0.6) is 0 Å². The normalized spacial score (nSPS) is 20.5. The molecule has 1 aliphatic rings. The van der Waals surface area contributed by atoms with Gasteiger partial charge in [-0.1, -0.05) is 0 Å². The van der Waals surface area contributed by atoms with Crippen molar-refractivity contribution in [3.8, 4) is 0 Å². The van der Waals surface area contributed by atoms with Gasteiger partial charge >= 0.3 is 0 Å². The van der Waals surface area contributed by atoms with Crippen LogP contribution in [0.2, 0.25) is 0 Å². The minimum atomic E-state index is -3.64. The highest BCUT2D eigenvalue weighted by molar-refractivity contribution is 7.89. The Morgan fingerprint density at radius 3 is 2.79 bits per heavy atom. The third-order valence-corrected chi connectivity index (χ3v) is 4.68. The molecule has 1 saturated heterocycles. The maximum absolute atomic E-state index is 12.3. The highest BCUT2D eigenvalue weighted by Crippen LogP contribution is 2.21. The first kappa shape index (κ1) is 14.1. The summed E-state index contributed by atoms with van der Waals surface area (Å²) in [5, 5.41) is -0.233. The summed E-state index contributed by atoms with van der Waals surface area (Å²) in [6, 6.07) is 2.87. The smallest absolute Gasteiger partial charge is 0.289 e. The summed E-state index contributed by atoms with van der Waals surface area (Å²) in [7, 11) is -2.34. The predicted molar refractivity (Wildman–Crippen MR) is 69.3 cm³/mol. The Morgan fingerprint density at radius 1 is 1.42 bits per heavy atom. The third-order valence-electron chi connectivity index (χ3n) is 3.39. The Bertz CT molecular complexity index is 564. The lowest BCUT2D eigenvalue weighted by atomic mass is 10.0. The molecule has 1 aliphatic heterocycles. The van der Waals surface area contributed by atoms with Crippen LogP contribution < -0.4 is 4.72 Å². The molecular weight excluding hydrogens is 268 g/mol. The van der Waals surface area contributed by atoms with Gasteiger partial charge in [0, 0.05) is 12.6 Å². The van der Waals surface area contributed by atoms with Crippen LogP contribution >= 0.6 is 0 Å². The molecule has 0 saturated carbocycles. The minimum absolute atomic E-state index is 0.0718. The van der Waals surface area contributed by atoms with Gasteiger partial charge in [0.25, 0.3) is 15.9 Å². The van der Waals surface area contributed by atoms with Crippen LogP contribution in [0.15, 0.2) is 21.6 Å². The van der Waals surface area contributed by atoms with Crippen molar-refractivity contribution in [1.29, 1.82) is 0 Å². The first-order valence-corrected chi connectivity index (χ1v) is 7.78. The molecule has 1 N–H and O–H groups in total. The van der Waals surface area contributed by atoms with E-state index in [9.17, 15) is 13.2 Å². The van der Waals surface area contributed by atoms with E-state index in [1.807, 2.05) is 6.92 Å². The number of nitrogens with one attached hydrogen (secondary N) is 1. The molecule has 1 aromatic rings. The van der Waals surface area contributed by atoms with E-state index in [-0.39, 0.29) is 22.8 Å². The molecule has 7 heteroatoms. The Labute approximate surface area is 112 Å². The van der Waals surface area contributed by atoms with Gasteiger partial charge in [-0.05, 0) is 45.4 Å². The highest BCUT2D eigenvalue weighted by atomic mass is 32.2. The molecule has 0 aliphatic carbocycles. The Hall–Kier alpha value is -1.34. The number of carbonyl (C=O) groups is 1. The second kappa shape index (κ2) is 5.34. The Balaban J connectivity index is 2.21. The van der Waals surface area contributed by atoms with E-state index in [1.54, 1.807) is 4.90 Å². The van der Waals surface area contributed by atoms with Crippen molar-refractivity contribution >= 4 is 15.9 Å². The average Bonchev–Trinajstić information content (AvgIpc) is 2.89. The fraction of sp³-hybridized carbons (Fsp3) is 0.583. The molecule has 1 fully saturated rings. The fourth-order valence-corrected chi connectivity index (χ4v) is 2.87. The molecule has 19 heavy (non-hydrogen) atoms. The molecule has 2 heterocycles. The van der Waals surface area contributed by atoms with Crippen molar-refractivity contribution < 1.29 is 17.6 Å². The molecule has 0 aromatic carbocycles. The third kappa shape index (κ3) is 2.82. The summed E-state index contributed by atoms with van der Waals surface area (Å²) < 4.78 is 30.4. The standard InChI is InChI=1S/C12H18N2O4S/c1-9-5-3-4-8-14(9)12(15)10-6-7-11(18-10)19(16,17)13-2/h6-7,9,13H,3-5,8H2,1-2H3/t9-/m1/s1. The molecule has 1 amide bonds. The number of sulfonamides is 1. The molecule has 1 atom stereocenters. The van der Waals surface area contributed by atoms with Crippen LogP contribution in [0.25, 0.3) is 0 Å². The lowest BCUT2D eigenvalue weighted by Crippen LogP contribution is -2.41. The summed E-state index contributed by atoms with van der Waals surface area (Å²) in [5.74, 6) is -0.174. The molecule has 0 spiro atoms. The highest BCUT2D eigenvalue weighted by Gasteiger charge is 2.27. The molecule has 6 nitrogen and oxygen atoms in total. The van der Waals surface area contributed by atoms with Crippen LogP contribution in [0.3, 0.4) is 0 Å². The first-order valence-electron chi connectivity index (χ1n) is 6.30. The van der Waals surface area contributed by atoms with Crippen LogP contribution in [0.1, 0.15) is 36.7 Å². The second-order valence-electron chi connectivity index (χ2n) is 4.67. The van der Waals surface area contributed by atoms with Gasteiger partial charge in [0.05, 0.1) is 0 Å². The predicted octanol–water partition coefficient (Wildman–Crippen LogP) is 1.20.